The van der Waals surface area contributed by atoms with E-state index in [2.05, 4.69) is 4.98 Å². The van der Waals surface area contributed by atoms with Crippen LogP contribution in [0.3, 0.4) is 0 Å². The van der Waals surface area contributed by atoms with Crippen molar-refractivity contribution in [3.05, 3.63) is 23.2 Å². The van der Waals surface area contributed by atoms with Gasteiger partial charge in [0.05, 0.1) is 10.5 Å². The van der Waals surface area contributed by atoms with Crippen molar-refractivity contribution in [2.45, 2.75) is 19.9 Å². The summed E-state index contributed by atoms with van der Waals surface area (Å²) in [6, 6.07) is 5.71. The van der Waals surface area contributed by atoms with Crippen LogP contribution in [-0.2, 0) is 11.3 Å². The van der Waals surface area contributed by atoms with Gasteiger partial charge in [0.2, 0.25) is 5.95 Å². The number of para-hydroxylation sites is 1. The normalized spacial score (nSPS) is 11.2. The molecule has 2 N–H and O–H groups in total. The van der Waals surface area contributed by atoms with E-state index in [0.717, 1.165) is 37.2 Å². The van der Waals surface area contributed by atoms with Gasteiger partial charge in [-0.05, 0) is 25.5 Å². The average Bonchev–Trinajstić information content (AvgIpc) is 2.63. The summed E-state index contributed by atoms with van der Waals surface area (Å²) in [5.41, 5.74) is 7.63. The second kappa shape index (κ2) is 5.38. The predicted molar refractivity (Wildman–Crippen MR) is 70.3 cm³/mol. The molecule has 0 atom stereocenters. The molecule has 0 aliphatic rings. The number of imidazole rings is 1. The highest BCUT2D eigenvalue weighted by molar-refractivity contribution is 6.35. The van der Waals surface area contributed by atoms with Gasteiger partial charge in [0, 0.05) is 19.8 Å². The summed E-state index contributed by atoms with van der Waals surface area (Å²) >= 11 is 6.07. The monoisotopic (exact) mass is 253 g/mol. The Morgan fingerprint density at radius 2 is 2.29 bits per heavy atom. The summed E-state index contributed by atoms with van der Waals surface area (Å²) in [5, 5.41) is 0.637. The van der Waals surface area contributed by atoms with E-state index < -0.39 is 0 Å². The lowest BCUT2D eigenvalue weighted by atomic mass is 10.3. The molecular formula is C12H16ClN3O. The van der Waals surface area contributed by atoms with Crippen LogP contribution in [0.1, 0.15) is 13.3 Å². The van der Waals surface area contributed by atoms with Crippen molar-refractivity contribution in [1.29, 1.82) is 0 Å². The number of fused-ring (bicyclic) bond motifs is 1. The second-order valence-electron chi connectivity index (χ2n) is 3.78. The van der Waals surface area contributed by atoms with Crippen molar-refractivity contribution >= 4 is 28.6 Å². The number of nitrogens with two attached hydrogens (primary N) is 1. The second-order valence-corrected chi connectivity index (χ2v) is 4.19. The van der Waals surface area contributed by atoms with Crippen molar-refractivity contribution in [2.24, 2.45) is 0 Å². The fourth-order valence-corrected chi connectivity index (χ4v) is 2.05. The third kappa shape index (κ3) is 2.53. The maximum atomic E-state index is 6.07. The zero-order valence-corrected chi connectivity index (χ0v) is 10.6. The van der Waals surface area contributed by atoms with Crippen LogP contribution in [0.25, 0.3) is 11.0 Å². The van der Waals surface area contributed by atoms with Gasteiger partial charge in [-0.15, -0.1) is 0 Å². The number of hydrogen-bond donors (Lipinski definition) is 1. The van der Waals surface area contributed by atoms with Crippen LogP contribution in [0, 0.1) is 0 Å². The molecule has 17 heavy (non-hydrogen) atoms. The molecule has 0 bridgehead atoms. The lowest BCUT2D eigenvalue weighted by molar-refractivity contribution is 0.142. The summed E-state index contributed by atoms with van der Waals surface area (Å²) < 4.78 is 7.28. The zero-order chi connectivity index (χ0) is 12.3. The lowest BCUT2D eigenvalue weighted by Gasteiger charge is -2.06. The average molecular weight is 254 g/mol. The maximum absolute atomic E-state index is 6.07. The lowest BCUT2D eigenvalue weighted by Crippen LogP contribution is -2.06. The minimum absolute atomic E-state index is 0.504. The largest absolute Gasteiger partial charge is 0.382 e. The molecule has 4 nitrogen and oxygen atoms in total. The number of ether oxygens (including phenoxy) is 1. The van der Waals surface area contributed by atoms with E-state index in [1.54, 1.807) is 0 Å². The van der Waals surface area contributed by atoms with E-state index in [9.17, 15) is 0 Å². The van der Waals surface area contributed by atoms with Crippen molar-refractivity contribution in [2.75, 3.05) is 18.9 Å². The molecule has 0 spiro atoms. The van der Waals surface area contributed by atoms with Crippen molar-refractivity contribution in [3.63, 3.8) is 0 Å². The van der Waals surface area contributed by atoms with Gasteiger partial charge in [0.25, 0.3) is 0 Å². The third-order valence-corrected chi connectivity index (χ3v) is 2.94. The molecule has 92 valence electrons. The first-order chi connectivity index (χ1) is 8.24. The Bertz CT molecular complexity index is 510. The SMILES string of the molecule is CCOCCCn1c(N)nc2c(Cl)cccc21. The Morgan fingerprint density at radius 3 is 3.06 bits per heavy atom. The quantitative estimate of drug-likeness (QED) is 0.834. The summed E-state index contributed by atoms with van der Waals surface area (Å²) in [6.07, 6.45) is 0.913. The summed E-state index contributed by atoms with van der Waals surface area (Å²) in [5.74, 6) is 0.504. The fraction of sp³-hybridized carbons (Fsp3) is 0.417. The van der Waals surface area contributed by atoms with Crippen molar-refractivity contribution < 1.29 is 4.74 Å². The summed E-state index contributed by atoms with van der Waals surface area (Å²) in [4.78, 5) is 4.28. The highest BCUT2D eigenvalue weighted by Gasteiger charge is 2.09. The number of rotatable bonds is 5. The molecule has 0 amide bonds. The molecule has 0 saturated heterocycles. The zero-order valence-electron chi connectivity index (χ0n) is 9.82. The van der Waals surface area contributed by atoms with Gasteiger partial charge in [-0.25, -0.2) is 4.98 Å². The highest BCUT2D eigenvalue weighted by Crippen LogP contribution is 2.24. The van der Waals surface area contributed by atoms with Crippen LogP contribution in [-0.4, -0.2) is 22.8 Å². The Hall–Kier alpha value is -1.26. The molecule has 2 rings (SSSR count). The molecule has 0 aliphatic heterocycles. The third-order valence-electron chi connectivity index (χ3n) is 2.63. The number of halogens is 1. The highest BCUT2D eigenvalue weighted by atomic mass is 35.5. The molecule has 0 saturated carbocycles. The number of nitrogens with zero attached hydrogens (tertiary/aromatic N) is 2. The number of aryl methyl sites for hydroxylation is 1. The van der Waals surface area contributed by atoms with E-state index in [1.165, 1.54) is 0 Å². The van der Waals surface area contributed by atoms with Crippen LogP contribution in [0.5, 0.6) is 0 Å². The Kier molecular flexibility index (Phi) is 3.86. The van der Waals surface area contributed by atoms with Gasteiger partial charge in [-0.1, -0.05) is 17.7 Å². The molecule has 0 aliphatic carbocycles. The Morgan fingerprint density at radius 1 is 1.47 bits per heavy atom. The van der Waals surface area contributed by atoms with Gasteiger partial charge < -0.3 is 15.0 Å². The first-order valence-corrected chi connectivity index (χ1v) is 6.09. The van der Waals surface area contributed by atoms with Crippen molar-refractivity contribution in [1.82, 2.24) is 9.55 Å². The molecule has 1 heterocycles. The number of hydrogen-bond acceptors (Lipinski definition) is 3. The van der Waals surface area contributed by atoms with Gasteiger partial charge in [0.1, 0.15) is 5.52 Å². The molecule has 0 radical (unpaired) electrons. The first kappa shape index (κ1) is 12.2. The van der Waals surface area contributed by atoms with E-state index in [4.69, 9.17) is 22.1 Å². The fourth-order valence-electron chi connectivity index (χ4n) is 1.83. The van der Waals surface area contributed by atoms with Gasteiger partial charge >= 0.3 is 0 Å². The molecular weight excluding hydrogens is 238 g/mol. The molecule has 2 aromatic rings. The Labute approximate surface area is 105 Å². The van der Waals surface area contributed by atoms with Crippen LogP contribution >= 0.6 is 11.6 Å². The molecule has 0 unspecified atom stereocenters. The van der Waals surface area contributed by atoms with Gasteiger partial charge in [0.15, 0.2) is 0 Å². The van der Waals surface area contributed by atoms with E-state index >= 15 is 0 Å². The topological polar surface area (TPSA) is 53.1 Å². The minimum atomic E-state index is 0.504. The molecule has 1 aromatic carbocycles. The number of nitrogen functional groups attached to an aromatic ring is 1. The molecule has 5 heteroatoms. The number of anilines is 1. The van der Waals surface area contributed by atoms with Crippen LogP contribution in [0.15, 0.2) is 18.2 Å². The minimum Gasteiger partial charge on any atom is -0.382 e. The predicted octanol–water partition coefficient (Wildman–Crippen LogP) is 2.70. The van der Waals surface area contributed by atoms with Crippen LogP contribution in [0.2, 0.25) is 5.02 Å². The smallest absolute Gasteiger partial charge is 0.201 e. The van der Waals surface area contributed by atoms with Gasteiger partial charge in [-0.3, -0.25) is 0 Å². The van der Waals surface area contributed by atoms with E-state index in [1.807, 2.05) is 29.7 Å². The number of aromatic nitrogens is 2. The van der Waals surface area contributed by atoms with E-state index in [-0.39, 0.29) is 0 Å². The van der Waals surface area contributed by atoms with Crippen LogP contribution < -0.4 is 5.73 Å². The standard InChI is InChI=1S/C12H16ClN3O/c1-2-17-8-4-7-16-10-6-3-5-9(13)11(10)15-12(16)14/h3,5-6H,2,4,7-8H2,1H3,(H2,14,15). The molecule has 1 aromatic heterocycles. The van der Waals surface area contributed by atoms with Crippen molar-refractivity contribution in [3.8, 4) is 0 Å². The van der Waals surface area contributed by atoms with E-state index in [0.29, 0.717) is 11.0 Å². The molecule has 0 fully saturated rings. The Balaban J connectivity index is 2.21. The summed E-state index contributed by atoms with van der Waals surface area (Å²) in [7, 11) is 0. The number of benzene rings is 1. The first-order valence-electron chi connectivity index (χ1n) is 5.72. The van der Waals surface area contributed by atoms with Gasteiger partial charge in [-0.2, -0.15) is 0 Å². The maximum Gasteiger partial charge on any atom is 0.201 e. The van der Waals surface area contributed by atoms with Crippen LogP contribution in [0.4, 0.5) is 5.95 Å². The summed E-state index contributed by atoms with van der Waals surface area (Å²) in [6.45, 7) is 4.26.